The number of carbonyl (C=O) groups excluding carboxylic acids is 1. The van der Waals surface area contributed by atoms with Crippen LogP contribution in [0.4, 0.5) is 0 Å². The first-order chi connectivity index (χ1) is 11.8. The van der Waals surface area contributed by atoms with Crippen LogP contribution in [0.5, 0.6) is 0 Å². The van der Waals surface area contributed by atoms with Crippen molar-refractivity contribution in [2.75, 3.05) is 24.6 Å². The Morgan fingerprint density at radius 1 is 1.08 bits per heavy atom. The number of piperidine rings is 1. The first-order valence-corrected chi connectivity index (χ1v) is 8.99. The predicted molar refractivity (Wildman–Crippen MR) is 97.6 cm³/mol. The van der Waals surface area contributed by atoms with Gasteiger partial charge < -0.3 is 4.90 Å². The van der Waals surface area contributed by atoms with Crippen molar-refractivity contribution in [3.8, 4) is 0 Å². The summed E-state index contributed by atoms with van der Waals surface area (Å²) in [6, 6.07) is 14.9. The molecule has 0 saturated carbocycles. The van der Waals surface area contributed by atoms with Crippen molar-refractivity contribution in [2.24, 2.45) is 0 Å². The van der Waals surface area contributed by atoms with Gasteiger partial charge in [0.05, 0.1) is 6.04 Å². The zero-order valence-corrected chi connectivity index (χ0v) is 14.5. The maximum atomic E-state index is 12.4. The van der Waals surface area contributed by atoms with Gasteiger partial charge in [0, 0.05) is 38.4 Å². The minimum absolute atomic E-state index is 0.203. The highest BCUT2D eigenvalue weighted by molar-refractivity contribution is 5.86. The van der Waals surface area contributed by atoms with Crippen molar-refractivity contribution in [1.29, 1.82) is 0 Å². The van der Waals surface area contributed by atoms with Gasteiger partial charge in [-0.2, -0.15) is 0 Å². The van der Waals surface area contributed by atoms with Gasteiger partial charge in [-0.3, -0.25) is 9.47 Å². The topological polar surface area (TPSA) is 28.5 Å². The molecule has 3 rings (SSSR count). The Kier molecular flexibility index (Phi) is 5.70. The molecule has 4 nitrogen and oxygen atoms in total. The number of rotatable bonds is 6. The zero-order chi connectivity index (χ0) is 16.8. The van der Waals surface area contributed by atoms with Crippen LogP contribution in [0.2, 0.25) is 0 Å². The maximum absolute atomic E-state index is 12.4. The number of hydrogen-bond donors (Lipinski definition) is 0. The van der Waals surface area contributed by atoms with Crippen LogP contribution in [-0.4, -0.2) is 41.2 Å². The fraction of sp³-hybridized carbons (Fsp3) is 0.450. The molecule has 0 N–H and O–H groups in total. The van der Waals surface area contributed by atoms with Gasteiger partial charge in [0.2, 0.25) is 5.91 Å². The summed E-state index contributed by atoms with van der Waals surface area (Å²) >= 11 is 0. The molecule has 4 heteroatoms. The monoisotopic (exact) mass is 325 g/mol. The molecule has 128 valence electrons. The summed E-state index contributed by atoms with van der Waals surface area (Å²) in [5.41, 5.74) is 1.40. The molecule has 0 aliphatic carbocycles. The van der Waals surface area contributed by atoms with Crippen LogP contribution in [0.15, 0.2) is 54.9 Å². The smallest absolute Gasteiger partial charge is 0.241 e. The third-order valence-corrected chi connectivity index (χ3v) is 4.86. The number of aromatic nitrogens is 1. The van der Waals surface area contributed by atoms with E-state index in [1.165, 1.54) is 5.56 Å². The summed E-state index contributed by atoms with van der Waals surface area (Å²) in [7, 11) is 0. The Morgan fingerprint density at radius 2 is 1.75 bits per heavy atom. The minimum atomic E-state index is 0.203. The molecule has 2 heterocycles. The van der Waals surface area contributed by atoms with Crippen LogP contribution < -0.4 is 5.01 Å². The van der Waals surface area contributed by atoms with E-state index in [1.807, 2.05) is 41.1 Å². The van der Waals surface area contributed by atoms with E-state index < -0.39 is 0 Å². The van der Waals surface area contributed by atoms with E-state index in [0.717, 1.165) is 38.9 Å². The molecular formula is C20H27N3O. The van der Waals surface area contributed by atoms with Crippen LogP contribution in [0.3, 0.4) is 0 Å². The van der Waals surface area contributed by atoms with Gasteiger partial charge in [-0.15, -0.1) is 0 Å². The quantitative estimate of drug-likeness (QED) is 0.816. The number of hydrogen-bond acceptors (Lipinski definition) is 2. The second kappa shape index (κ2) is 8.15. The Labute approximate surface area is 144 Å². The summed E-state index contributed by atoms with van der Waals surface area (Å²) in [6.45, 7) is 5.16. The molecule has 0 radical (unpaired) electrons. The minimum Gasteiger partial charge on any atom is -0.303 e. The van der Waals surface area contributed by atoms with E-state index in [2.05, 4.69) is 35.2 Å². The van der Waals surface area contributed by atoms with Crippen molar-refractivity contribution in [3.63, 3.8) is 0 Å². The van der Waals surface area contributed by atoms with Crippen molar-refractivity contribution in [2.45, 2.75) is 38.6 Å². The van der Waals surface area contributed by atoms with Crippen LogP contribution in [-0.2, 0) is 11.2 Å². The summed E-state index contributed by atoms with van der Waals surface area (Å²) in [5.74, 6) is 0.203. The molecular weight excluding hydrogens is 298 g/mol. The first-order valence-electron chi connectivity index (χ1n) is 8.99. The van der Waals surface area contributed by atoms with E-state index in [0.29, 0.717) is 12.5 Å². The fourth-order valence-electron chi connectivity index (χ4n) is 3.47. The largest absolute Gasteiger partial charge is 0.303 e. The van der Waals surface area contributed by atoms with Crippen LogP contribution in [0.25, 0.3) is 0 Å². The normalized spacial score (nSPS) is 16.2. The van der Waals surface area contributed by atoms with Gasteiger partial charge in [0.25, 0.3) is 0 Å². The molecule has 0 spiro atoms. The second-order valence-electron chi connectivity index (χ2n) is 6.46. The van der Waals surface area contributed by atoms with E-state index in [4.69, 9.17) is 0 Å². The van der Waals surface area contributed by atoms with Crippen molar-refractivity contribution in [3.05, 3.63) is 60.4 Å². The zero-order valence-electron chi connectivity index (χ0n) is 14.5. The third kappa shape index (κ3) is 4.06. The second-order valence-corrected chi connectivity index (χ2v) is 6.46. The van der Waals surface area contributed by atoms with Crippen LogP contribution in [0.1, 0.15) is 31.7 Å². The molecule has 0 atom stereocenters. The van der Waals surface area contributed by atoms with Crippen molar-refractivity contribution < 1.29 is 4.79 Å². The maximum Gasteiger partial charge on any atom is 0.241 e. The molecule has 24 heavy (non-hydrogen) atoms. The molecule has 1 aromatic heterocycles. The lowest BCUT2D eigenvalue weighted by Crippen LogP contribution is -2.52. The van der Waals surface area contributed by atoms with Gasteiger partial charge in [-0.05, 0) is 37.0 Å². The number of nitrogens with zero attached hydrogens (tertiary/aromatic N) is 3. The van der Waals surface area contributed by atoms with E-state index >= 15 is 0 Å². The number of benzene rings is 1. The first kappa shape index (κ1) is 16.8. The van der Waals surface area contributed by atoms with E-state index in [9.17, 15) is 4.79 Å². The van der Waals surface area contributed by atoms with Gasteiger partial charge in [-0.25, -0.2) is 5.01 Å². The van der Waals surface area contributed by atoms with Gasteiger partial charge in [0.15, 0.2) is 0 Å². The highest BCUT2D eigenvalue weighted by atomic mass is 16.2. The summed E-state index contributed by atoms with van der Waals surface area (Å²) in [4.78, 5) is 14.9. The molecule has 1 aliphatic rings. The molecule has 1 saturated heterocycles. The van der Waals surface area contributed by atoms with Gasteiger partial charge in [-0.1, -0.05) is 37.3 Å². The van der Waals surface area contributed by atoms with Crippen LogP contribution in [0, 0.1) is 0 Å². The van der Waals surface area contributed by atoms with Crippen LogP contribution >= 0.6 is 0 Å². The van der Waals surface area contributed by atoms with E-state index in [-0.39, 0.29) is 5.91 Å². The Morgan fingerprint density at radius 3 is 2.38 bits per heavy atom. The number of likely N-dealkylation sites (tertiary alicyclic amines) is 1. The Bertz CT molecular complexity index is 616. The lowest BCUT2D eigenvalue weighted by atomic mass is 10.0. The highest BCUT2D eigenvalue weighted by Gasteiger charge is 2.28. The fourth-order valence-corrected chi connectivity index (χ4v) is 3.47. The Balaban J connectivity index is 1.54. The molecule has 1 aromatic carbocycles. The highest BCUT2D eigenvalue weighted by Crippen LogP contribution is 2.17. The molecule has 0 bridgehead atoms. The Hall–Kier alpha value is -2.07. The molecule has 1 amide bonds. The van der Waals surface area contributed by atoms with Crippen molar-refractivity contribution >= 4 is 5.91 Å². The van der Waals surface area contributed by atoms with Gasteiger partial charge >= 0.3 is 0 Å². The van der Waals surface area contributed by atoms with Gasteiger partial charge in [0.1, 0.15) is 0 Å². The molecule has 1 aliphatic heterocycles. The SMILES string of the molecule is CCC(=O)N(C1CCN(CCc2ccccc2)CC1)n1cccc1. The predicted octanol–water partition coefficient (Wildman–Crippen LogP) is 3.07. The lowest BCUT2D eigenvalue weighted by molar-refractivity contribution is -0.120. The summed E-state index contributed by atoms with van der Waals surface area (Å²) in [5, 5.41) is 1.95. The molecule has 1 fully saturated rings. The summed E-state index contributed by atoms with van der Waals surface area (Å²) < 4.78 is 1.95. The number of carbonyl (C=O) groups is 1. The lowest BCUT2D eigenvalue weighted by Gasteiger charge is -2.38. The molecule has 2 aromatic rings. The standard InChI is InChI=1S/C20H27N3O/c1-2-20(24)23(22-13-6-7-14-22)19-11-16-21(17-12-19)15-10-18-8-4-3-5-9-18/h3-9,13-14,19H,2,10-12,15-17H2,1H3. The van der Waals surface area contributed by atoms with E-state index in [1.54, 1.807) is 0 Å². The molecule has 0 unspecified atom stereocenters. The van der Waals surface area contributed by atoms with Crippen molar-refractivity contribution in [1.82, 2.24) is 9.58 Å². The number of amides is 1. The average Bonchev–Trinajstić information content (AvgIpc) is 3.16. The third-order valence-electron chi connectivity index (χ3n) is 4.86. The summed E-state index contributed by atoms with van der Waals surface area (Å²) in [6.07, 6.45) is 7.66. The average molecular weight is 325 g/mol.